The number of aliphatic carboxylic acids is 1. The number of aryl methyl sites for hydroxylation is 1. The zero-order valence-electron chi connectivity index (χ0n) is 10.3. The molecule has 3 N–H and O–H groups in total. The first kappa shape index (κ1) is 14.6. The Hall–Kier alpha value is -2.44. The maximum absolute atomic E-state index is 11.4. The Morgan fingerprint density at radius 2 is 1.89 bits per heavy atom. The van der Waals surface area contributed by atoms with E-state index in [1.165, 1.54) is 0 Å². The predicted octanol–water partition coefficient (Wildman–Crippen LogP) is -0.669. The number of carbonyl (C=O) groups is 3. The van der Waals surface area contributed by atoms with Gasteiger partial charge in [-0.2, -0.15) is 0 Å². The number of carbonyl (C=O) groups excluding carboxylic acids is 2. The van der Waals surface area contributed by atoms with Crippen LogP contribution in [0.4, 0.5) is 0 Å². The molecule has 0 aromatic carbocycles. The summed E-state index contributed by atoms with van der Waals surface area (Å²) in [5.41, 5.74) is 0.938. The summed E-state index contributed by atoms with van der Waals surface area (Å²) in [6, 6.07) is 3.65. The monoisotopic (exact) mass is 265 g/mol. The van der Waals surface area contributed by atoms with Gasteiger partial charge >= 0.3 is 5.97 Å². The van der Waals surface area contributed by atoms with Crippen LogP contribution in [-0.2, 0) is 20.8 Å². The van der Waals surface area contributed by atoms with Gasteiger partial charge in [-0.3, -0.25) is 19.4 Å². The van der Waals surface area contributed by atoms with Crippen molar-refractivity contribution in [3.63, 3.8) is 0 Å². The Bertz CT molecular complexity index is 448. The third-order valence-electron chi connectivity index (χ3n) is 2.25. The molecule has 0 saturated carbocycles. The topological polar surface area (TPSA) is 108 Å². The molecule has 1 heterocycles. The van der Waals surface area contributed by atoms with Gasteiger partial charge in [-0.25, -0.2) is 0 Å². The summed E-state index contributed by atoms with van der Waals surface area (Å²) in [5.74, 6) is -1.93. The Kier molecular flexibility index (Phi) is 6.00. The molecule has 1 aromatic heterocycles. The van der Waals surface area contributed by atoms with E-state index in [-0.39, 0.29) is 18.9 Å². The fourth-order valence-corrected chi connectivity index (χ4v) is 1.31. The van der Waals surface area contributed by atoms with Crippen LogP contribution >= 0.6 is 0 Å². The largest absolute Gasteiger partial charge is 0.480 e. The first-order valence-electron chi connectivity index (χ1n) is 5.72. The minimum atomic E-state index is -1.13. The second kappa shape index (κ2) is 7.80. The highest BCUT2D eigenvalue weighted by atomic mass is 16.4. The maximum atomic E-state index is 11.4. The number of rotatable bonds is 7. The molecule has 1 aromatic rings. The number of pyridine rings is 1. The van der Waals surface area contributed by atoms with Gasteiger partial charge < -0.3 is 15.7 Å². The molecule has 0 unspecified atom stereocenters. The number of carboxylic acid groups (broad SMARTS) is 1. The zero-order chi connectivity index (χ0) is 14.1. The van der Waals surface area contributed by atoms with Gasteiger partial charge in [0.2, 0.25) is 11.8 Å². The van der Waals surface area contributed by atoms with Crippen LogP contribution in [0.2, 0.25) is 0 Å². The quantitative estimate of drug-likeness (QED) is 0.606. The molecule has 0 atom stereocenters. The molecule has 1 rings (SSSR count). The van der Waals surface area contributed by atoms with Crippen LogP contribution in [0, 0.1) is 0 Å². The fourth-order valence-electron chi connectivity index (χ4n) is 1.31. The average molecular weight is 265 g/mol. The van der Waals surface area contributed by atoms with Crippen molar-refractivity contribution in [3.05, 3.63) is 30.1 Å². The summed E-state index contributed by atoms with van der Waals surface area (Å²) < 4.78 is 0. The van der Waals surface area contributed by atoms with Crippen LogP contribution in [0.1, 0.15) is 12.0 Å². The molecule has 0 aliphatic rings. The van der Waals surface area contributed by atoms with E-state index in [1.54, 1.807) is 18.5 Å². The molecule has 0 fully saturated rings. The number of carboxylic acids is 1. The number of nitrogens with one attached hydrogen (secondary N) is 2. The van der Waals surface area contributed by atoms with Gasteiger partial charge in [0.1, 0.15) is 6.54 Å². The van der Waals surface area contributed by atoms with Crippen LogP contribution < -0.4 is 10.6 Å². The summed E-state index contributed by atoms with van der Waals surface area (Å²) in [6.45, 7) is -0.677. The molecule has 19 heavy (non-hydrogen) atoms. The van der Waals surface area contributed by atoms with E-state index in [0.29, 0.717) is 6.42 Å². The summed E-state index contributed by atoms with van der Waals surface area (Å²) in [6.07, 6.45) is 4.11. The Labute approximate surface area is 110 Å². The summed E-state index contributed by atoms with van der Waals surface area (Å²) in [4.78, 5) is 36.7. The predicted molar refractivity (Wildman–Crippen MR) is 66.2 cm³/mol. The average Bonchev–Trinajstić information content (AvgIpc) is 2.41. The molecular weight excluding hydrogens is 250 g/mol. The van der Waals surface area contributed by atoms with Crippen LogP contribution in [0.3, 0.4) is 0 Å². The zero-order valence-corrected chi connectivity index (χ0v) is 10.3. The van der Waals surface area contributed by atoms with Crippen molar-refractivity contribution in [2.75, 3.05) is 13.1 Å². The van der Waals surface area contributed by atoms with Crippen LogP contribution in [0.5, 0.6) is 0 Å². The SMILES string of the molecule is O=C(O)CNC(=O)CNC(=O)CCc1cccnc1. The van der Waals surface area contributed by atoms with Crippen molar-refractivity contribution in [1.82, 2.24) is 15.6 Å². The highest BCUT2D eigenvalue weighted by molar-refractivity contribution is 5.86. The number of amides is 2. The Morgan fingerprint density at radius 3 is 2.53 bits per heavy atom. The third-order valence-corrected chi connectivity index (χ3v) is 2.25. The van der Waals surface area contributed by atoms with E-state index in [4.69, 9.17) is 5.11 Å². The van der Waals surface area contributed by atoms with Crippen molar-refractivity contribution in [1.29, 1.82) is 0 Å². The lowest BCUT2D eigenvalue weighted by Gasteiger charge is -2.05. The van der Waals surface area contributed by atoms with E-state index >= 15 is 0 Å². The first-order valence-corrected chi connectivity index (χ1v) is 5.72. The maximum Gasteiger partial charge on any atom is 0.322 e. The summed E-state index contributed by atoms with van der Waals surface area (Å²) in [5, 5.41) is 12.9. The highest BCUT2D eigenvalue weighted by Crippen LogP contribution is 1.99. The third kappa shape index (κ3) is 6.77. The Morgan fingerprint density at radius 1 is 1.16 bits per heavy atom. The highest BCUT2D eigenvalue weighted by Gasteiger charge is 2.06. The van der Waals surface area contributed by atoms with Gasteiger partial charge in [0.25, 0.3) is 0 Å². The Balaban J connectivity index is 2.17. The standard InChI is InChI=1S/C12H15N3O4/c16-10(4-3-9-2-1-5-13-6-9)14-7-11(17)15-8-12(18)19/h1-2,5-6H,3-4,7-8H2,(H,14,16)(H,15,17)(H,18,19). The van der Waals surface area contributed by atoms with Crippen molar-refractivity contribution in [3.8, 4) is 0 Å². The van der Waals surface area contributed by atoms with E-state index in [2.05, 4.69) is 15.6 Å². The number of aromatic nitrogens is 1. The van der Waals surface area contributed by atoms with Gasteiger partial charge in [-0.05, 0) is 18.1 Å². The van der Waals surface area contributed by atoms with Gasteiger partial charge in [-0.1, -0.05) is 6.07 Å². The van der Waals surface area contributed by atoms with Crippen molar-refractivity contribution >= 4 is 17.8 Å². The van der Waals surface area contributed by atoms with Crippen LogP contribution in [0.15, 0.2) is 24.5 Å². The summed E-state index contributed by atoms with van der Waals surface area (Å²) >= 11 is 0. The minimum absolute atomic E-state index is 0.223. The van der Waals surface area contributed by atoms with Gasteiger partial charge in [-0.15, -0.1) is 0 Å². The van der Waals surface area contributed by atoms with Crippen LogP contribution in [-0.4, -0.2) is 41.0 Å². The number of nitrogens with zero attached hydrogens (tertiary/aromatic N) is 1. The van der Waals surface area contributed by atoms with Gasteiger partial charge in [0.05, 0.1) is 6.54 Å². The normalized spacial score (nSPS) is 9.68. The van der Waals surface area contributed by atoms with Crippen molar-refractivity contribution in [2.45, 2.75) is 12.8 Å². The lowest BCUT2D eigenvalue weighted by Crippen LogP contribution is -2.39. The molecule has 0 bridgehead atoms. The molecule has 0 radical (unpaired) electrons. The van der Waals surface area contributed by atoms with Gasteiger partial charge in [0.15, 0.2) is 0 Å². The molecule has 102 valence electrons. The second-order valence-corrected chi connectivity index (χ2v) is 3.81. The van der Waals surface area contributed by atoms with E-state index in [1.807, 2.05) is 6.07 Å². The number of hydrogen-bond acceptors (Lipinski definition) is 4. The molecular formula is C12H15N3O4. The van der Waals surface area contributed by atoms with Crippen LogP contribution in [0.25, 0.3) is 0 Å². The second-order valence-electron chi connectivity index (χ2n) is 3.81. The van der Waals surface area contributed by atoms with Gasteiger partial charge in [0, 0.05) is 18.8 Å². The van der Waals surface area contributed by atoms with E-state index in [0.717, 1.165) is 5.56 Å². The van der Waals surface area contributed by atoms with E-state index < -0.39 is 18.4 Å². The van der Waals surface area contributed by atoms with Crippen molar-refractivity contribution in [2.24, 2.45) is 0 Å². The molecule has 7 heteroatoms. The lowest BCUT2D eigenvalue weighted by molar-refractivity contribution is -0.137. The smallest absolute Gasteiger partial charge is 0.322 e. The molecule has 2 amide bonds. The molecule has 7 nitrogen and oxygen atoms in total. The molecule has 0 saturated heterocycles. The van der Waals surface area contributed by atoms with E-state index in [9.17, 15) is 14.4 Å². The molecule has 0 aliphatic carbocycles. The minimum Gasteiger partial charge on any atom is -0.480 e. The lowest BCUT2D eigenvalue weighted by atomic mass is 10.1. The molecule has 0 aliphatic heterocycles. The fraction of sp³-hybridized carbons (Fsp3) is 0.333. The first-order chi connectivity index (χ1) is 9.08. The van der Waals surface area contributed by atoms with Crippen molar-refractivity contribution < 1.29 is 19.5 Å². The number of hydrogen-bond donors (Lipinski definition) is 3. The summed E-state index contributed by atoms with van der Waals surface area (Å²) in [7, 11) is 0. The molecule has 0 spiro atoms.